The van der Waals surface area contributed by atoms with Crippen molar-refractivity contribution in [1.29, 1.82) is 0 Å². The van der Waals surface area contributed by atoms with E-state index in [0.29, 0.717) is 17.0 Å². The minimum atomic E-state index is -4.80. The number of hydrogen-bond donors (Lipinski definition) is 1. The number of hydrogen-bond acceptors (Lipinski definition) is 6. The van der Waals surface area contributed by atoms with Crippen LogP contribution in [0.1, 0.15) is 35.8 Å². The second-order valence-corrected chi connectivity index (χ2v) is 9.38. The lowest BCUT2D eigenvalue weighted by atomic mass is 10.1. The summed E-state index contributed by atoms with van der Waals surface area (Å²) in [6.45, 7) is 6.05. The zero-order valence-electron chi connectivity index (χ0n) is 21.4. The lowest BCUT2D eigenvalue weighted by Gasteiger charge is -2.11. The molecule has 39 heavy (non-hydrogen) atoms. The molecular weight excluding hydrogens is 509 g/mol. The summed E-state index contributed by atoms with van der Waals surface area (Å²) >= 11 is 0. The van der Waals surface area contributed by atoms with Gasteiger partial charge < -0.3 is 10.1 Å². The van der Waals surface area contributed by atoms with Crippen LogP contribution in [0.25, 0.3) is 22.2 Å². The van der Waals surface area contributed by atoms with Crippen molar-refractivity contribution in [3.8, 4) is 17.0 Å². The summed E-state index contributed by atoms with van der Waals surface area (Å²) in [5.74, 6) is -0.233. The van der Waals surface area contributed by atoms with Crippen LogP contribution in [0, 0.1) is 6.92 Å². The number of nitrogens with one attached hydrogen (secondary N) is 1. The third-order valence-electron chi connectivity index (χ3n) is 6.08. The molecule has 3 aromatic heterocycles. The van der Waals surface area contributed by atoms with E-state index in [2.05, 4.69) is 39.0 Å². The van der Waals surface area contributed by atoms with Crippen LogP contribution in [0.15, 0.2) is 73.3 Å². The Labute approximate surface area is 222 Å². The Kier molecular flexibility index (Phi) is 6.81. The molecule has 0 radical (unpaired) electrons. The van der Waals surface area contributed by atoms with Gasteiger partial charge in [0.15, 0.2) is 0 Å². The first-order valence-corrected chi connectivity index (χ1v) is 12.2. The van der Waals surface area contributed by atoms with E-state index in [1.165, 1.54) is 22.8 Å². The fraction of sp³-hybridized carbons (Fsp3) is 0.214. The molecule has 11 heteroatoms. The molecule has 0 saturated heterocycles. The largest absolute Gasteiger partial charge is 0.573 e. The molecule has 0 bridgehead atoms. The van der Waals surface area contributed by atoms with Crippen molar-refractivity contribution in [2.75, 3.05) is 5.32 Å². The van der Waals surface area contributed by atoms with Gasteiger partial charge >= 0.3 is 6.36 Å². The Morgan fingerprint density at radius 1 is 1.10 bits per heavy atom. The van der Waals surface area contributed by atoms with Crippen LogP contribution >= 0.6 is 0 Å². The van der Waals surface area contributed by atoms with E-state index in [0.717, 1.165) is 27.9 Å². The molecule has 0 aliphatic carbocycles. The lowest BCUT2D eigenvalue weighted by Crippen LogP contribution is -2.17. The molecular formula is C28H25F3N6O2. The first-order chi connectivity index (χ1) is 18.6. The van der Waals surface area contributed by atoms with Gasteiger partial charge in [0.1, 0.15) is 5.75 Å². The van der Waals surface area contributed by atoms with E-state index in [1.807, 2.05) is 29.9 Å². The van der Waals surface area contributed by atoms with Crippen molar-refractivity contribution in [3.05, 3.63) is 84.4 Å². The highest BCUT2D eigenvalue weighted by Gasteiger charge is 2.31. The molecule has 0 aliphatic heterocycles. The molecule has 0 atom stereocenters. The smallest absolute Gasteiger partial charge is 0.406 e. The summed E-state index contributed by atoms with van der Waals surface area (Å²) < 4.78 is 44.9. The second-order valence-electron chi connectivity index (χ2n) is 9.38. The van der Waals surface area contributed by atoms with Gasteiger partial charge in [0.2, 0.25) is 11.9 Å². The Morgan fingerprint density at radius 3 is 2.67 bits per heavy atom. The number of fused-ring (bicyclic) bond motifs is 1. The van der Waals surface area contributed by atoms with Crippen molar-refractivity contribution in [1.82, 2.24) is 24.3 Å². The topological polar surface area (TPSA) is 86.9 Å². The average Bonchev–Trinajstić information content (AvgIpc) is 3.52. The number of carbonyl (C=O) groups is 1. The number of nitrogens with zero attached hydrogens (tertiary/aromatic N) is 5. The van der Waals surface area contributed by atoms with Crippen molar-refractivity contribution >= 4 is 28.4 Å². The maximum atomic E-state index is 13.0. The normalized spacial score (nSPS) is 11.8. The highest BCUT2D eigenvalue weighted by Crippen LogP contribution is 2.27. The lowest BCUT2D eigenvalue weighted by molar-refractivity contribution is -0.274. The van der Waals surface area contributed by atoms with Crippen LogP contribution in [0.4, 0.5) is 24.8 Å². The van der Waals surface area contributed by atoms with Gasteiger partial charge in [-0.1, -0.05) is 12.1 Å². The van der Waals surface area contributed by atoms with Crippen LogP contribution < -0.4 is 10.1 Å². The number of aromatic nitrogens is 5. The van der Waals surface area contributed by atoms with Gasteiger partial charge in [-0.25, -0.2) is 9.97 Å². The maximum absolute atomic E-state index is 13.0. The summed E-state index contributed by atoms with van der Waals surface area (Å²) in [6, 6.07) is 12.9. The third kappa shape index (κ3) is 5.92. The van der Waals surface area contributed by atoms with Gasteiger partial charge in [0, 0.05) is 41.3 Å². The molecule has 200 valence electrons. The maximum Gasteiger partial charge on any atom is 0.573 e. The van der Waals surface area contributed by atoms with E-state index in [9.17, 15) is 18.0 Å². The van der Waals surface area contributed by atoms with Crippen LogP contribution in [0.3, 0.4) is 0 Å². The molecule has 0 spiro atoms. The molecule has 1 N–H and O–H groups in total. The number of benzene rings is 2. The Balaban J connectivity index is 1.33. The Bertz CT molecular complexity index is 1650. The predicted octanol–water partition coefficient (Wildman–Crippen LogP) is 6.71. The van der Waals surface area contributed by atoms with Gasteiger partial charge in [0.05, 0.1) is 23.8 Å². The highest BCUT2D eigenvalue weighted by atomic mass is 19.4. The predicted molar refractivity (Wildman–Crippen MR) is 141 cm³/mol. The number of carbonyl (C=O) groups excluding carboxylic acids is 1. The van der Waals surface area contributed by atoms with E-state index in [-0.39, 0.29) is 24.1 Å². The fourth-order valence-electron chi connectivity index (χ4n) is 4.22. The van der Waals surface area contributed by atoms with E-state index < -0.39 is 6.36 Å². The van der Waals surface area contributed by atoms with Gasteiger partial charge in [0.25, 0.3) is 0 Å². The number of alkyl halides is 3. The number of aryl methyl sites for hydroxylation is 1. The number of rotatable bonds is 7. The van der Waals surface area contributed by atoms with Gasteiger partial charge in [-0.15, -0.1) is 13.2 Å². The number of anilines is 2. The zero-order chi connectivity index (χ0) is 27.7. The molecule has 0 fully saturated rings. The fourth-order valence-corrected chi connectivity index (χ4v) is 4.22. The summed E-state index contributed by atoms with van der Waals surface area (Å²) in [7, 11) is 0. The molecule has 0 aliphatic rings. The molecule has 2 aromatic carbocycles. The van der Waals surface area contributed by atoms with E-state index in [4.69, 9.17) is 0 Å². The van der Waals surface area contributed by atoms with E-state index >= 15 is 0 Å². The minimum Gasteiger partial charge on any atom is -0.406 e. The monoisotopic (exact) mass is 534 g/mol. The third-order valence-corrected chi connectivity index (χ3v) is 6.08. The second kappa shape index (κ2) is 10.2. The van der Waals surface area contributed by atoms with Gasteiger partial charge in [-0.2, -0.15) is 5.10 Å². The average molecular weight is 535 g/mol. The molecule has 0 amide bonds. The first kappa shape index (κ1) is 26.0. The number of ether oxygens (including phenoxy) is 1. The van der Waals surface area contributed by atoms with Gasteiger partial charge in [-0.05, 0) is 68.3 Å². The first-order valence-electron chi connectivity index (χ1n) is 12.2. The number of halogens is 3. The van der Waals surface area contributed by atoms with E-state index in [1.54, 1.807) is 36.8 Å². The van der Waals surface area contributed by atoms with Gasteiger partial charge in [-0.3, -0.25) is 14.0 Å². The SMILES string of the molecule is Cc1cnc(Nc2ccc3c(ccn3C(=O)Cc3cccc(OC(F)(F)F)c3)c2)nc1-c1cnn(C(C)C)c1. The van der Waals surface area contributed by atoms with Crippen LogP contribution in [0.5, 0.6) is 5.75 Å². The van der Waals surface area contributed by atoms with Crippen molar-refractivity contribution in [2.24, 2.45) is 0 Å². The van der Waals surface area contributed by atoms with Crippen molar-refractivity contribution < 1.29 is 22.7 Å². The van der Waals surface area contributed by atoms with Crippen molar-refractivity contribution in [2.45, 2.75) is 39.6 Å². The highest BCUT2D eigenvalue weighted by molar-refractivity contribution is 5.94. The quantitative estimate of drug-likeness (QED) is 0.250. The van der Waals surface area contributed by atoms with Crippen molar-refractivity contribution in [3.63, 3.8) is 0 Å². The summed E-state index contributed by atoms with van der Waals surface area (Å²) in [5, 5.41) is 8.41. The molecule has 3 heterocycles. The van der Waals surface area contributed by atoms with Crippen LogP contribution in [0.2, 0.25) is 0 Å². The standard InChI is InChI=1S/C28H25F3N6O2/c1-17(2)37-16-21(15-33-37)26-18(3)14-32-27(35-26)34-22-7-8-24-20(13-22)9-10-36(24)25(38)12-19-5-4-6-23(11-19)39-28(29,30)31/h4-11,13-17H,12H2,1-3H3,(H,32,34,35). The molecule has 5 rings (SSSR count). The van der Waals surface area contributed by atoms with Crippen LogP contribution in [-0.2, 0) is 6.42 Å². The molecule has 0 saturated carbocycles. The Morgan fingerprint density at radius 2 is 1.92 bits per heavy atom. The molecule has 0 unspecified atom stereocenters. The molecule has 8 nitrogen and oxygen atoms in total. The Hall–Kier alpha value is -4.67. The zero-order valence-corrected chi connectivity index (χ0v) is 21.4. The minimum absolute atomic E-state index is 0.0911. The summed E-state index contributed by atoms with van der Waals surface area (Å²) in [6.07, 6.45) is 2.23. The molecule has 5 aromatic rings. The van der Waals surface area contributed by atoms with Crippen LogP contribution in [-0.4, -0.2) is 36.6 Å². The summed E-state index contributed by atoms with van der Waals surface area (Å²) in [5.41, 5.74) is 4.41. The summed E-state index contributed by atoms with van der Waals surface area (Å²) in [4.78, 5) is 22.1.